The van der Waals surface area contributed by atoms with Crippen molar-refractivity contribution >= 4 is 45.1 Å². The number of hydrogen-bond acceptors (Lipinski definition) is 7. The highest BCUT2D eigenvalue weighted by atomic mass is 32.2. The summed E-state index contributed by atoms with van der Waals surface area (Å²) >= 11 is 2.81. The van der Waals surface area contributed by atoms with Gasteiger partial charge in [-0.25, -0.2) is 9.97 Å². The number of nitrogens with zero attached hydrogens (tertiary/aromatic N) is 2. The van der Waals surface area contributed by atoms with E-state index in [1.165, 1.54) is 29.4 Å². The van der Waals surface area contributed by atoms with Crippen molar-refractivity contribution in [2.24, 2.45) is 0 Å². The number of ether oxygens (including phenoxy) is 1. The molecular formula is C19H18N2O3S2. The molecule has 0 amide bonds. The molecule has 0 saturated heterocycles. The first kappa shape index (κ1) is 18.5. The van der Waals surface area contributed by atoms with Gasteiger partial charge in [0.15, 0.2) is 6.61 Å². The molecule has 0 fully saturated rings. The largest absolute Gasteiger partial charge is 0.457 e. The summed E-state index contributed by atoms with van der Waals surface area (Å²) in [5.74, 6) is -0.519. The minimum absolute atomic E-state index is 0.0983. The zero-order valence-corrected chi connectivity index (χ0v) is 16.4. The first-order valence-corrected chi connectivity index (χ1v) is 9.90. The van der Waals surface area contributed by atoms with E-state index in [-0.39, 0.29) is 18.1 Å². The molecule has 0 N–H and O–H groups in total. The summed E-state index contributed by atoms with van der Waals surface area (Å²) in [5.41, 5.74) is 3.54. The number of thiophene rings is 1. The van der Waals surface area contributed by atoms with Gasteiger partial charge in [0.2, 0.25) is 5.78 Å². The van der Waals surface area contributed by atoms with Crippen LogP contribution in [0.15, 0.2) is 34.9 Å². The van der Waals surface area contributed by atoms with Gasteiger partial charge in [0.25, 0.3) is 0 Å². The minimum atomic E-state index is -0.437. The maximum atomic E-state index is 12.4. The van der Waals surface area contributed by atoms with Crippen LogP contribution in [0.4, 0.5) is 0 Å². The number of carbonyl (C=O) groups is 2. The van der Waals surface area contributed by atoms with E-state index in [9.17, 15) is 9.59 Å². The zero-order valence-electron chi connectivity index (χ0n) is 14.7. The first-order valence-electron chi connectivity index (χ1n) is 8.03. The van der Waals surface area contributed by atoms with Gasteiger partial charge in [-0.2, -0.15) is 0 Å². The van der Waals surface area contributed by atoms with Crippen LogP contribution in [0.25, 0.3) is 10.2 Å². The molecule has 2 heterocycles. The third-order valence-corrected chi connectivity index (χ3v) is 5.67. The molecule has 0 unspecified atom stereocenters. The number of fused-ring (bicyclic) bond motifs is 1. The lowest BCUT2D eigenvalue weighted by molar-refractivity contribution is -0.139. The Morgan fingerprint density at radius 2 is 1.88 bits per heavy atom. The summed E-state index contributed by atoms with van der Waals surface area (Å²) in [7, 11) is 0. The first-order chi connectivity index (χ1) is 12.5. The van der Waals surface area contributed by atoms with Crippen LogP contribution >= 0.6 is 23.1 Å². The number of esters is 1. The molecule has 2 aromatic heterocycles. The van der Waals surface area contributed by atoms with Crippen LogP contribution in [-0.2, 0) is 9.53 Å². The van der Waals surface area contributed by atoms with Crippen LogP contribution in [0, 0.1) is 20.8 Å². The van der Waals surface area contributed by atoms with Gasteiger partial charge in [-0.15, -0.1) is 11.3 Å². The summed E-state index contributed by atoms with van der Waals surface area (Å²) < 4.78 is 5.16. The van der Waals surface area contributed by atoms with Gasteiger partial charge in [0.05, 0.1) is 5.75 Å². The van der Waals surface area contributed by atoms with E-state index in [1.807, 2.05) is 44.4 Å². The maximum Gasteiger partial charge on any atom is 0.316 e. The van der Waals surface area contributed by atoms with E-state index in [0.29, 0.717) is 5.56 Å². The van der Waals surface area contributed by atoms with E-state index >= 15 is 0 Å². The Hall–Kier alpha value is -2.25. The van der Waals surface area contributed by atoms with Crippen molar-refractivity contribution in [2.45, 2.75) is 25.8 Å². The van der Waals surface area contributed by atoms with Crippen molar-refractivity contribution < 1.29 is 14.3 Å². The number of benzene rings is 1. The third-order valence-electron chi connectivity index (χ3n) is 3.87. The lowest BCUT2D eigenvalue weighted by atomic mass is 9.97. The second-order valence-electron chi connectivity index (χ2n) is 5.96. The smallest absolute Gasteiger partial charge is 0.316 e. The molecule has 1 aromatic carbocycles. The highest BCUT2D eigenvalue weighted by Crippen LogP contribution is 2.27. The predicted octanol–water partition coefficient (Wildman–Crippen LogP) is 4.13. The fraction of sp³-hybridized carbons (Fsp3) is 0.263. The van der Waals surface area contributed by atoms with E-state index in [0.717, 1.165) is 31.9 Å². The molecule has 0 atom stereocenters. The van der Waals surface area contributed by atoms with Gasteiger partial charge in [-0.05, 0) is 43.3 Å². The van der Waals surface area contributed by atoms with Crippen molar-refractivity contribution in [1.29, 1.82) is 0 Å². The van der Waals surface area contributed by atoms with E-state index in [4.69, 9.17) is 4.74 Å². The average Bonchev–Trinajstić information content (AvgIpc) is 3.06. The molecule has 0 aliphatic rings. The lowest BCUT2D eigenvalue weighted by Gasteiger charge is -2.10. The number of hydrogen-bond donors (Lipinski definition) is 0. The van der Waals surface area contributed by atoms with Crippen LogP contribution in [0.1, 0.15) is 27.0 Å². The van der Waals surface area contributed by atoms with Crippen LogP contribution in [0.2, 0.25) is 0 Å². The van der Waals surface area contributed by atoms with Gasteiger partial charge in [0, 0.05) is 10.9 Å². The molecular weight excluding hydrogens is 368 g/mol. The van der Waals surface area contributed by atoms with Gasteiger partial charge in [0.1, 0.15) is 16.2 Å². The lowest BCUT2D eigenvalue weighted by Crippen LogP contribution is -2.17. The topological polar surface area (TPSA) is 69.2 Å². The Bertz CT molecular complexity index is 959. The Kier molecular flexibility index (Phi) is 5.68. The molecule has 3 rings (SSSR count). The second-order valence-corrected chi connectivity index (χ2v) is 7.82. The van der Waals surface area contributed by atoms with Gasteiger partial charge in [-0.3, -0.25) is 9.59 Å². The van der Waals surface area contributed by atoms with Gasteiger partial charge < -0.3 is 4.74 Å². The summed E-state index contributed by atoms with van der Waals surface area (Å²) in [6, 6.07) is 5.85. The Morgan fingerprint density at radius 1 is 1.15 bits per heavy atom. The molecule has 134 valence electrons. The fourth-order valence-electron chi connectivity index (χ4n) is 2.89. The van der Waals surface area contributed by atoms with Crippen molar-refractivity contribution in [3.05, 3.63) is 52.2 Å². The number of Topliss-reactive ketones (excluding diaryl/α,β-unsaturated/α-hetero) is 1. The standard InChI is InChI=1S/C19H18N2O3S2/c1-11-6-12(2)17(13(3)7-11)15(22)8-24-16(23)9-26-19-14-4-5-25-18(14)20-10-21-19/h4-7,10H,8-9H2,1-3H3. The van der Waals surface area contributed by atoms with Crippen LogP contribution in [0.5, 0.6) is 0 Å². The normalized spacial score (nSPS) is 10.9. The van der Waals surface area contributed by atoms with Crippen molar-refractivity contribution in [1.82, 2.24) is 9.97 Å². The fourth-order valence-corrected chi connectivity index (χ4v) is 4.47. The average molecular weight is 386 g/mol. The summed E-state index contributed by atoms with van der Waals surface area (Å²) in [5, 5.41) is 3.61. The van der Waals surface area contributed by atoms with E-state index < -0.39 is 5.97 Å². The summed E-state index contributed by atoms with van der Waals surface area (Å²) in [6.45, 7) is 5.53. The maximum absolute atomic E-state index is 12.4. The molecule has 0 saturated carbocycles. The molecule has 3 aromatic rings. The number of aryl methyl sites for hydroxylation is 3. The second kappa shape index (κ2) is 7.97. The summed E-state index contributed by atoms with van der Waals surface area (Å²) in [6.07, 6.45) is 1.49. The molecule has 26 heavy (non-hydrogen) atoms. The minimum Gasteiger partial charge on any atom is -0.457 e. The van der Waals surface area contributed by atoms with Gasteiger partial charge >= 0.3 is 5.97 Å². The Balaban J connectivity index is 1.58. The predicted molar refractivity (Wildman–Crippen MR) is 104 cm³/mol. The number of carbonyl (C=O) groups excluding carboxylic acids is 2. The molecule has 0 radical (unpaired) electrons. The number of aromatic nitrogens is 2. The molecule has 0 aliphatic carbocycles. The van der Waals surface area contributed by atoms with Crippen LogP contribution in [0.3, 0.4) is 0 Å². The molecule has 0 spiro atoms. The molecule has 7 heteroatoms. The van der Waals surface area contributed by atoms with E-state index in [2.05, 4.69) is 9.97 Å². The SMILES string of the molecule is Cc1cc(C)c(C(=O)COC(=O)CSc2ncnc3sccc23)c(C)c1. The summed E-state index contributed by atoms with van der Waals surface area (Å²) in [4.78, 5) is 33.7. The molecule has 5 nitrogen and oxygen atoms in total. The van der Waals surface area contributed by atoms with Gasteiger partial charge in [-0.1, -0.05) is 29.5 Å². The Morgan fingerprint density at radius 3 is 2.62 bits per heavy atom. The number of thioether (sulfide) groups is 1. The van der Waals surface area contributed by atoms with Crippen molar-refractivity contribution in [3.8, 4) is 0 Å². The quantitative estimate of drug-likeness (QED) is 0.275. The van der Waals surface area contributed by atoms with Crippen molar-refractivity contribution in [3.63, 3.8) is 0 Å². The van der Waals surface area contributed by atoms with Crippen LogP contribution in [-0.4, -0.2) is 34.1 Å². The molecule has 0 bridgehead atoms. The Labute approximate surface area is 159 Å². The highest BCUT2D eigenvalue weighted by molar-refractivity contribution is 8.00. The van der Waals surface area contributed by atoms with Crippen molar-refractivity contribution in [2.75, 3.05) is 12.4 Å². The molecule has 0 aliphatic heterocycles. The van der Waals surface area contributed by atoms with E-state index in [1.54, 1.807) is 0 Å². The highest BCUT2D eigenvalue weighted by Gasteiger charge is 2.16. The van der Waals surface area contributed by atoms with Crippen LogP contribution < -0.4 is 0 Å². The zero-order chi connectivity index (χ0) is 18.7. The number of rotatable bonds is 6. The monoisotopic (exact) mass is 386 g/mol. The third kappa shape index (κ3) is 4.11. The number of ketones is 1.